The number of rotatable bonds is 5. The molecule has 2 nitrogen and oxygen atoms in total. The molecular formula is C11H23NO. The van der Waals surface area contributed by atoms with Crippen LogP contribution in [0.5, 0.6) is 0 Å². The molecule has 1 aliphatic carbocycles. The molecule has 1 saturated carbocycles. The molecule has 0 bridgehead atoms. The normalized spacial score (nSPS) is 23.3. The summed E-state index contributed by atoms with van der Waals surface area (Å²) in [5, 5.41) is 3.66. The van der Waals surface area contributed by atoms with E-state index >= 15 is 0 Å². The second-order valence-electron chi connectivity index (χ2n) is 4.71. The maximum atomic E-state index is 5.11. The first-order valence-electron chi connectivity index (χ1n) is 5.40. The minimum Gasteiger partial charge on any atom is -0.384 e. The summed E-state index contributed by atoms with van der Waals surface area (Å²) in [5.74, 6) is 0.627. The topological polar surface area (TPSA) is 21.3 Å². The second kappa shape index (κ2) is 4.97. The minimum absolute atomic E-state index is 0.419. The van der Waals surface area contributed by atoms with Crippen molar-refractivity contribution in [2.75, 3.05) is 20.3 Å². The molecule has 0 aromatic rings. The molecule has 1 aliphatic rings. The van der Waals surface area contributed by atoms with Crippen LogP contribution >= 0.6 is 0 Å². The van der Waals surface area contributed by atoms with Gasteiger partial charge in [0, 0.05) is 25.8 Å². The van der Waals surface area contributed by atoms with Crippen molar-refractivity contribution >= 4 is 0 Å². The van der Waals surface area contributed by atoms with Crippen LogP contribution in [0.2, 0.25) is 0 Å². The van der Waals surface area contributed by atoms with Crippen LogP contribution in [0.3, 0.4) is 0 Å². The number of hydrogen-bond donors (Lipinski definition) is 1. The fourth-order valence-electron chi connectivity index (χ4n) is 2.10. The fourth-order valence-corrected chi connectivity index (χ4v) is 2.10. The lowest BCUT2D eigenvalue weighted by Crippen LogP contribution is -2.42. The molecule has 0 heterocycles. The van der Waals surface area contributed by atoms with Crippen molar-refractivity contribution in [2.24, 2.45) is 5.92 Å². The van der Waals surface area contributed by atoms with Crippen molar-refractivity contribution in [1.29, 1.82) is 0 Å². The van der Waals surface area contributed by atoms with Crippen LogP contribution in [0.25, 0.3) is 0 Å². The average molecular weight is 185 g/mol. The van der Waals surface area contributed by atoms with Crippen LogP contribution in [0.15, 0.2) is 0 Å². The third-order valence-electron chi connectivity index (χ3n) is 3.04. The SMILES string of the molecule is COCC(C)CNC1(C)CCCC1. The molecule has 2 heteroatoms. The van der Waals surface area contributed by atoms with Crippen molar-refractivity contribution in [2.45, 2.75) is 45.1 Å². The average Bonchev–Trinajstić information content (AvgIpc) is 2.51. The highest BCUT2D eigenvalue weighted by molar-refractivity contribution is 4.88. The van der Waals surface area contributed by atoms with E-state index < -0.39 is 0 Å². The Kier molecular flexibility index (Phi) is 4.20. The highest BCUT2D eigenvalue weighted by atomic mass is 16.5. The maximum absolute atomic E-state index is 5.11. The molecule has 1 fully saturated rings. The summed E-state index contributed by atoms with van der Waals surface area (Å²) < 4.78 is 5.11. The van der Waals surface area contributed by atoms with Gasteiger partial charge in [-0.15, -0.1) is 0 Å². The molecule has 1 unspecified atom stereocenters. The van der Waals surface area contributed by atoms with E-state index in [4.69, 9.17) is 4.74 Å². The Balaban J connectivity index is 2.17. The quantitative estimate of drug-likeness (QED) is 0.709. The largest absolute Gasteiger partial charge is 0.384 e. The minimum atomic E-state index is 0.419. The third-order valence-corrected chi connectivity index (χ3v) is 3.04. The molecule has 1 atom stereocenters. The lowest BCUT2D eigenvalue weighted by Gasteiger charge is -2.27. The van der Waals surface area contributed by atoms with Gasteiger partial charge in [-0.25, -0.2) is 0 Å². The zero-order chi connectivity index (χ0) is 9.73. The predicted octanol–water partition coefficient (Wildman–Crippen LogP) is 2.19. The summed E-state index contributed by atoms with van der Waals surface area (Å²) in [7, 11) is 1.77. The summed E-state index contributed by atoms with van der Waals surface area (Å²) in [6.45, 7) is 6.53. The molecule has 0 aromatic heterocycles. The van der Waals surface area contributed by atoms with Crippen molar-refractivity contribution in [3.05, 3.63) is 0 Å². The summed E-state index contributed by atoms with van der Waals surface area (Å²) in [4.78, 5) is 0. The van der Waals surface area contributed by atoms with Gasteiger partial charge in [-0.1, -0.05) is 19.8 Å². The molecule has 1 N–H and O–H groups in total. The first-order valence-corrected chi connectivity index (χ1v) is 5.40. The Hall–Kier alpha value is -0.0800. The van der Waals surface area contributed by atoms with E-state index in [-0.39, 0.29) is 0 Å². The first-order chi connectivity index (χ1) is 6.16. The molecule has 13 heavy (non-hydrogen) atoms. The second-order valence-corrected chi connectivity index (χ2v) is 4.71. The molecule has 0 aliphatic heterocycles. The van der Waals surface area contributed by atoms with Gasteiger partial charge >= 0.3 is 0 Å². The zero-order valence-electron chi connectivity index (χ0n) is 9.23. The van der Waals surface area contributed by atoms with Crippen LogP contribution in [0, 0.1) is 5.92 Å². The number of hydrogen-bond acceptors (Lipinski definition) is 2. The summed E-state index contributed by atoms with van der Waals surface area (Å²) >= 11 is 0. The molecule has 0 amide bonds. The molecule has 0 aromatic carbocycles. The third kappa shape index (κ3) is 3.65. The van der Waals surface area contributed by atoms with Crippen molar-refractivity contribution in [1.82, 2.24) is 5.32 Å². The monoisotopic (exact) mass is 185 g/mol. The van der Waals surface area contributed by atoms with Crippen molar-refractivity contribution in [3.8, 4) is 0 Å². The van der Waals surface area contributed by atoms with Gasteiger partial charge in [-0.05, 0) is 25.7 Å². The van der Waals surface area contributed by atoms with E-state index in [1.807, 2.05) is 0 Å². The molecule has 0 spiro atoms. The molecule has 0 saturated heterocycles. The van der Waals surface area contributed by atoms with E-state index in [1.54, 1.807) is 7.11 Å². The lowest BCUT2D eigenvalue weighted by atomic mass is 10.00. The highest BCUT2D eigenvalue weighted by Crippen LogP contribution is 2.28. The molecule has 0 radical (unpaired) electrons. The lowest BCUT2D eigenvalue weighted by molar-refractivity contribution is 0.153. The summed E-state index contributed by atoms with van der Waals surface area (Å²) in [5.41, 5.74) is 0.419. The predicted molar refractivity (Wildman–Crippen MR) is 55.9 cm³/mol. The van der Waals surface area contributed by atoms with E-state index in [9.17, 15) is 0 Å². The van der Waals surface area contributed by atoms with Gasteiger partial charge in [0.1, 0.15) is 0 Å². The Bertz CT molecular complexity index is 141. The van der Waals surface area contributed by atoms with Gasteiger partial charge in [-0.3, -0.25) is 0 Å². The van der Waals surface area contributed by atoms with E-state index in [1.165, 1.54) is 25.7 Å². The van der Waals surface area contributed by atoms with Crippen molar-refractivity contribution < 1.29 is 4.74 Å². The Morgan fingerprint density at radius 2 is 2.00 bits per heavy atom. The van der Waals surface area contributed by atoms with Gasteiger partial charge < -0.3 is 10.1 Å². The number of methoxy groups -OCH3 is 1. The summed E-state index contributed by atoms with van der Waals surface area (Å²) in [6, 6.07) is 0. The Labute approximate surface area is 82.0 Å². The number of nitrogens with one attached hydrogen (secondary N) is 1. The van der Waals surface area contributed by atoms with Crippen LogP contribution in [0.4, 0.5) is 0 Å². The van der Waals surface area contributed by atoms with Gasteiger partial charge in [0.05, 0.1) is 0 Å². The highest BCUT2D eigenvalue weighted by Gasteiger charge is 2.27. The zero-order valence-corrected chi connectivity index (χ0v) is 9.23. The van der Waals surface area contributed by atoms with Gasteiger partial charge in [0.2, 0.25) is 0 Å². The molecule has 78 valence electrons. The van der Waals surface area contributed by atoms with Gasteiger partial charge in [0.25, 0.3) is 0 Å². The maximum Gasteiger partial charge on any atom is 0.0499 e. The first kappa shape index (κ1) is 11.0. The molecular weight excluding hydrogens is 162 g/mol. The van der Waals surface area contributed by atoms with Gasteiger partial charge in [-0.2, -0.15) is 0 Å². The fraction of sp³-hybridized carbons (Fsp3) is 1.00. The van der Waals surface area contributed by atoms with E-state index in [2.05, 4.69) is 19.2 Å². The van der Waals surface area contributed by atoms with Crippen LogP contribution in [-0.4, -0.2) is 25.8 Å². The van der Waals surface area contributed by atoms with Crippen molar-refractivity contribution in [3.63, 3.8) is 0 Å². The van der Waals surface area contributed by atoms with Crippen LogP contribution < -0.4 is 5.32 Å². The summed E-state index contributed by atoms with van der Waals surface area (Å²) in [6.07, 6.45) is 5.46. The van der Waals surface area contributed by atoms with E-state index in [0.717, 1.165) is 13.2 Å². The van der Waals surface area contributed by atoms with Gasteiger partial charge in [0.15, 0.2) is 0 Å². The standard InChI is InChI=1S/C11H23NO/c1-10(9-13-3)8-12-11(2)6-4-5-7-11/h10,12H,4-9H2,1-3H3. The van der Waals surface area contributed by atoms with Crippen LogP contribution in [-0.2, 0) is 4.74 Å². The Morgan fingerprint density at radius 3 is 2.54 bits per heavy atom. The Morgan fingerprint density at radius 1 is 1.38 bits per heavy atom. The van der Waals surface area contributed by atoms with Crippen LogP contribution in [0.1, 0.15) is 39.5 Å². The smallest absolute Gasteiger partial charge is 0.0499 e. The van der Waals surface area contributed by atoms with E-state index in [0.29, 0.717) is 11.5 Å². The number of ether oxygens (including phenoxy) is 1. The molecule has 1 rings (SSSR count).